The Morgan fingerprint density at radius 3 is 2.27 bits per heavy atom. The summed E-state index contributed by atoms with van der Waals surface area (Å²) in [4.78, 5) is 38.0. The van der Waals surface area contributed by atoms with Crippen LogP contribution in [0.4, 0.5) is 10.5 Å². The second kappa shape index (κ2) is 7.23. The van der Waals surface area contributed by atoms with E-state index >= 15 is 0 Å². The summed E-state index contributed by atoms with van der Waals surface area (Å²) in [7, 11) is 0. The Labute approximate surface area is 151 Å². The largest absolute Gasteiger partial charge is 0.494 e. The van der Waals surface area contributed by atoms with E-state index < -0.39 is 17.8 Å². The second-order valence-corrected chi connectivity index (χ2v) is 5.80. The van der Waals surface area contributed by atoms with Gasteiger partial charge in [0.2, 0.25) is 0 Å². The summed E-state index contributed by atoms with van der Waals surface area (Å²) in [5, 5.41) is 2.21. The van der Waals surface area contributed by atoms with Gasteiger partial charge in [0, 0.05) is 0 Å². The number of rotatable bonds is 4. The normalized spacial score (nSPS) is 16.0. The van der Waals surface area contributed by atoms with Gasteiger partial charge < -0.3 is 4.74 Å². The number of hydrogen-bond acceptors (Lipinski definition) is 4. The number of benzene rings is 2. The summed E-state index contributed by atoms with van der Waals surface area (Å²) in [5.41, 5.74) is 1.96. The molecule has 2 aromatic carbocycles. The number of hydrogen-bond donors (Lipinski definition) is 1. The molecule has 6 heteroatoms. The van der Waals surface area contributed by atoms with E-state index in [1.807, 2.05) is 13.8 Å². The molecule has 1 aliphatic heterocycles. The summed E-state index contributed by atoms with van der Waals surface area (Å²) >= 11 is 0. The molecule has 0 saturated carbocycles. The maximum atomic E-state index is 12.8. The summed E-state index contributed by atoms with van der Waals surface area (Å²) in [6.45, 7) is 4.34. The van der Waals surface area contributed by atoms with Gasteiger partial charge in [0.1, 0.15) is 11.3 Å². The van der Waals surface area contributed by atoms with Crippen LogP contribution in [0, 0.1) is 6.92 Å². The van der Waals surface area contributed by atoms with Crippen LogP contribution in [-0.2, 0) is 9.59 Å². The maximum Gasteiger partial charge on any atom is 0.335 e. The van der Waals surface area contributed by atoms with E-state index in [4.69, 9.17) is 4.74 Å². The lowest BCUT2D eigenvalue weighted by atomic mass is 10.1. The smallest absolute Gasteiger partial charge is 0.335 e. The number of nitrogens with zero attached hydrogens (tertiary/aromatic N) is 1. The van der Waals surface area contributed by atoms with Gasteiger partial charge >= 0.3 is 6.03 Å². The first-order valence-corrected chi connectivity index (χ1v) is 8.20. The Balaban J connectivity index is 1.93. The van der Waals surface area contributed by atoms with Gasteiger partial charge in [-0.3, -0.25) is 14.9 Å². The van der Waals surface area contributed by atoms with Gasteiger partial charge in [-0.15, -0.1) is 0 Å². The Hall–Kier alpha value is -3.41. The number of carbonyl (C=O) groups excluding carboxylic acids is 3. The highest BCUT2D eigenvalue weighted by Gasteiger charge is 2.36. The minimum Gasteiger partial charge on any atom is -0.494 e. The van der Waals surface area contributed by atoms with Crippen LogP contribution in [0.1, 0.15) is 18.1 Å². The van der Waals surface area contributed by atoms with Crippen molar-refractivity contribution in [2.45, 2.75) is 13.8 Å². The predicted molar refractivity (Wildman–Crippen MR) is 97.8 cm³/mol. The Morgan fingerprint density at radius 1 is 1.00 bits per heavy atom. The van der Waals surface area contributed by atoms with Crippen LogP contribution in [-0.4, -0.2) is 24.5 Å². The molecule has 26 heavy (non-hydrogen) atoms. The molecule has 0 atom stereocenters. The molecule has 0 spiro atoms. The molecule has 4 amide bonds. The molecule has 0 bridgehead atoms. The minimum absolute atomic E-state index is 0.102. The number of ether oxygens (including phenoxy) is 1. The average molecular weight is 350 g/mol. The summed E-state index contributed by atoms with van der Waals surface area (Å²) < 4.78 is 5.37. The van der Waals surface area contributed by atoms with Crippen molar-refractivity contribution in [1.82, 2.24) is 5.32 Å². The SMILES string of the molecule is CCOc1ccc(C=C2C(=O)NC(=O)N(c3ccc(C)cc3)C2=O)cc1. The fourth-order valence-electron chi connectivity index (χ4n) is 2.58. The molecule has 0 radical (unpaired) electrons. The first kappa shape index (κ1) is 17.4. The zero-order valence-corrected chi connectivity index (χ0v) is 14.5. The Bertz CT molecular complexity index is 883. The number of urea groups is 1. The highest BCUT2D eigenvalue weighted by Crippen LogP contribution is 2.23. The van der Waals surface area contributed by atoms with Crippen molar-refractivity contribution in [2.24, 2.45) is 0 Å². The van der Waals surface area contributed by atoms with Gasteiger partial charge in [0.05, 0.1) is 12.3 Å². The van der Waals surface area contributed by atoms with E-state index in [2.05, 4.69) is 5.32 Å². The summed E-state index contributed by atoms with van der Waals surface area (Å²) in [6.07, 6.45) is 1.46. The van der Waals surface area contributed by atoms with Crippen LogP contribution in [0.3, 0.4) is 0 Å². The van der Waals surface area contributed by atoms with E-state index in [1.54, 1.807) is 48.5 Å². The van der Waals surface area contributed by atoms with E-state index in [-0.39, 0.29) is 5.57 Å². The van der Waals surface area contributed by atoms with Crippen molar-refractivity contribution < 1.29 is 19.1 Å². The van der Waals surface area contributed by atoms with Crippen molar-refractivity contribution >= 4 is 29.6 Å². The number of imide groups is 2. The van der Waals surface area contributed by atoms with E-state index in [0.29, 0.717) is 23.6 Å². The molecule has 1 fully saturated rings. The van der Waals surface area contributed by atoms with Gasteiger partial charge in [0.25, 0.3) is 11.8 Å². The molecule has 1 aliphatic rings. The monoisotopic (exact) mass is 350 g/mol. The van der Waals surface area contributed by atoms with Crippen LogP contribution in [0.5, 0.6) is 5.75 Å². The molecule has 1 saturated heterocycles. The highest BCUT2D eigenvalue weighted by molar-refractivity contribution is 6.39. The van der Waals surface area contributed by atoms with E-state index in [0.717, 1.165) is 10.5 Å². The van der Waals surface area contributed by atoms with Crippen molar-refractivity contribution in [2.75, 3.05) is 11.5 Å². The first-order valence-electron chi connectivity index (χ1n) is 8.20. The number of amides is 4. The number of nitrogens with one attached hydrogen (secondary N) is 1. The van der Waals surface area contributed by atoms with Crippen LogP contribution in [0.25, 0.3) is 6.08 Å². The lowest BCUT2D eigenvalue weighted by Crippen LogP contribution is -2.54. The van der Waals surface area contributed by atoms with Crippen LogP contribution in [0.15, 0.2) is 54.1 Å². The molecule has 0 unspecified atom stereocenters. The van der Waals surface area contributed by atoms with Gasteiger partial charge in [-0.2, -0.15) is 0 Å². The molecule has 6 nitrogen and oxygen atoms in total. The van der Waals surface area contributed by atoms with Crippen LogP contribution < -0.4 is 15.0 Å². The predicted octanol–water partition coefficient (Wildman–Crippen LogP) is 3.06. The van der Waals surface area contributed by atoms with Crippen molar-refractivity contribution in [1.29, 1.82) is 0 Å². The number of carbonyl (C=O) groups is 3. The quantitative estimate of drug-likeness (QED) is 0.679. The van der Waals surface area contributed by atoms with Crippen LogP contribution in [0.2, 0.25) is 0 Å². The average Bonchev–Trinajstić information content (AvgIpc) is 2.62. The Morgan fingerprint density at radius 2 is 1.65 bits per heavy atom. The molecular weight excluding hydrogens is 332 g/mol. The number of barbiturate groups is 1. The third kappa shape index (κ3) is 3.49. The van der Waals surface area contributed by atoms with Crippen molar-refractivity contribution in [3.05, 3.63) is 65.2 Å². The van der Waals surface area contributed by atoms with Gasteiger partial charge in [-0.1, -0.05) is 29.8 Å². The lowest BCUT2D eigenvalue weighted by Gasteiger charge is -2.26. The fraction of sp³-hybridized carbons (Fsp3) is 0.150. The summed E-state index contributed by atoms with van der Waals surface area (Å²) in [5.74, 6) is -0.667. The second-order valence-electron chi connectivity index (χ2n) is 5.80. The highest BCUT2D eigenvalue weighted by atomic mass is 16.5. The number of anilines is 1. The third-order valence-electron chi connectivity index (χ3n) is 3.90. The first-order chi connectivity index (χ1) is 12.5. The zero-order valence-electron chi connectivity index (χ0n) is 14.5. The molecule has 1 heterocycles. The standard InChI is InChI=1S/C20H18N2O4/c1-3-26-16-10-6-14(7-11-16)12-17-18(23)21-20(25)22(19(17)24)15-8-4-13(2)5-9-15/h4-12H,3H2,1-2H3,(H,21,23,25). The third-order valence-corrected chi connectivity index (χ3v) is 3.90. The Kier molecular flexibility index (Phi) is 4.84. The lowest BCUT2D eigenvalue weighted by molar-refractivity contribution is -0.122. The van der Waals surface area contributed by atoms with Gasteiger partial charge in [-0.05, 0) is 49.8 Å². The fourth-order valence-corrected chi connectivity index (χ4v) is 2.58. The van der Waals surface area contributed by atoms with Crippen molar-refractivity contribution in [3.8, 4) is 5.75 Å². The minimum atomic E-state index is -0.757. The summed E-state index contributed by atoms with van der Waals surface area (Å²) in [6, 6.07) is 13.1. The zero-order chi connectivity index (χ0) is 18.7. The molecule has 0 aromatic heterocycles. The van der Waals surface area contributed by atoms with Gasteiger partial charge in [-0.25, -0.2) is 9.69 Å². The number of aryl methyl sites for hydroxylation is 1. The molecule has 3 rings (SSSR count). The topological polar surface area (TPSA) is 75.7 Å². The van der Waals surface area contributed by atoms with Crippen LogP contribution >= 0.6 is 0 Å². The molecular formula is C20H18N2O4. The van der Waals surface area contributed by atoms with Crippen molar-refractivity contribution in [3.63, 3.8) is 0 Å². The van der Waals surface area contributed by atoms with Gasteiger partial charge in [0.15, 0.2) is 0 Å². The van der Waals surface area contributed by atoms with E-state index in [9.17, 15) is 14.4 Å². The maximum absolute atomic E-state index is 12.8. The molecule has 0 aliphatic carbocycles. The molecule has 132 valence electrons. The van der Waals surface area contributed by atoms with E-state index in [1.165, 1.54) is 6.08 Å². The molecule has 1 N–H and O–H groups in total. The molecule has 2 aromatic rings.